The van der Waals surface area contributed by atoms with Crippen LogP contribution in [-0.4, -0.2) is 11.2 Å². The maximum absolute atomic E-state index is 9.37. The van der Waals surface area contributed by atoms with E-state index in [1.807, 2.05) is 0 Å². The number of rotatable bonds is 6. The van der Waals surface area contributed by atoms with E-state index < -0.39 is 0 Å². The van der Waals surface area contributed by atoms with Crippen LogP contribution in [0.15, 0.2) is 24.8 Å². The second-order valence-electron chi connectivity index (χ2n) is 2.79. The summed E-state index contributed by atoms with van der Waals surface area (Å²) in [6.07, 6.45) is 5.51. The van der Waals surface area contributed by atoms with Crippen molar-refractivity contribution in [3.8, 4) is 0 Å². The van der Waals surface area contributed by atoms with Gasteiger partial charge in [-0.15, -0.1) is 0 Å². The van der Waals surface area contributed by atoms with Crippen molar-refractivity contribution in [1.82, 2.24) is 0 Å². The van der Waals surface area contributed by atoms with Crippen LogP contribution in [0, 0.1) is 0 Å². The van der Waals surface area contributed by atoms with Crippen molar-refractivity contribution < 1.29 is 5.11 Å². The second-order valence-corrected chi connectivity index (χ2v) is 2.79. The van der Waals surface area contributed by atoms with Gasteiger partial charge >= 0.3 is 0 Å². The molecule has 0 bridgehead atoms. The minimum atomic E-state index is -0.376. The number of hydrogen-bond donors (Lipinski definition) is 1. The smallest absolute Gasteiger partial charge is 0.0784 e. The standard InChI is InChI=1S/C10H18O/c1-4-6-7-8-10(11)9(3)5-2/h5,10-11H,2-4,6-8H2,1H3/t10-/m1/s1. The van der Waals surface area contributed by atoms with E-state index in [-0.39, 0.29) is 6.10 Å². The fraction of sp³-hybridized carbons (Fsp3) is 0.600. The number of aliphatic hydroxyl groups excluding tert-OH is 1. The lowest BCUT2D eigenvalue weighted by Gasteiger charge is -2.08. The summed E-state index contributed by atoms with van der Waals surface area (Å²) in [7, 11) is 0. The zero-order chi connectivity index (χ0) is 8.69. The summed E-state index contributed by atoms with van der Waals surface area (Å²) in [5, 5.41) is 9.37. The van der Waals surface area contributed by atoms with Crippen molar-refractivity contribution >= 4 is 0 Å². The van der Waals surface area contributed by atoms with E-state index in [1.54, 1.807) is 6.08 Å². The summed E-state index contributed by atoms with van der Waals surface area (Å²) in [5.74, 6) is 0. The molecule has 0 aliphatic carbocycles. The van der Waals surface area contributed by atoms with Crippen molar-refractivity contribution in [2.24, 2.45) is 0 Å². The van der Waals surface area contributed by atoms with Gasteiger partial charge in [0.05, 0.1) is 6.10 Å². The van der Waals surface area contributed by atoms with Gasteiger partial charge in [-0.2, -0.15) is 0 Å². The molecule has 0 heterocycles. The Kier molecular flexibility index (Phi) is 5.86. The summed E-state index contributed by atoms with van der Waals surface area (Å²) in [6.45, 7) is 9.38. The molecular formula is C10H18O. The Balaban J connectivity index is 3.43. The first-order valence-corrected chi connectivity index (χ1v) is 4.21. The molecule has 0 aliphatic rings. The molecule has 0 saturated heterocycles. The van der Waals surface area contributed by atoms with E-state index in [0.717, 1.165) is 18.4 Å². The molecule has 0 aromatic heterocycles. The van der Waals surface area contributed by atoms with Crippen molar-refractivity contribution in [3.63, 3.8) is 0 Å². The molecule has 0 fully saturated rings. The molecule has 0 rings (SSSR count). The van der Waals surface area contributed by atoms with E-state index in [2.05, 4.69) is 20.1 Å². The maximum atomic E-state index is 9.37. The summed E-state index contributed by atoms with van der Waals surface area (Å²) in [6, 6.07) is 0. The minimum Gasteiger partial charge on any atom is -0.388 e. The zero-order valence-electron chi connectivity index (χ0n) is 7.34. The van der Waals surface area contributed by atoms with Crippen molar-refractivity contribution in [2.75, 3.05) is 0 Å². The third-order valence-corrected chi connectivity index (χ3v) is 1.77. The Hall–Kier alpha value is -0.560. The number of unbranched alkanes of at least 4 members (excludes halogenated alkanes) is 2. The van der Waals surface area contributed by atoms with E-state index in [9.17, 15) is 5.11 Å². The molecule has 0 unspecified atom stereocenters. The number of aliphatic hydroxyl groups is 1. The van der Waals surface area contributed by atoms with Crippen LogP contribution >= 0.6 is 0 Å². The van der Waals surface area contributed by atoms with Crippen molar-refractivity contribution in [2.45, 2.75) is 38.7 Å². The minimum absolute atomic E-state index is 0.376. The largest absolute Gasteiger partial charge is 0.388 e. The first-order valence-electron chi connectivity index (χ1n) is 4.21. The first kappa shape index (κ1) is 10.4. The summed E-state index contributed by atoms with van der Waals surface area (Å²) in [5.41, 5.74) is 0.737. The zero-order valence-corrected chi connectivity index (χ0v) is 7.34. The van der Waals surface area contributed by atoms with Crippen molar-refractivity contribution in [1.29, 1.82) is 0 Å². The molecular weight excluding hydrogens is 136 g/mol. The van der Waals surface area contributed by atoms with Gasteiger partial charge in [0.25, 0.3) is 0 Å². The van der Waals surface area contributed by atoms with Crippen LogP contribution in [0.1, 0.15) is 32.6 Å². The third kappa shape index (κ3) is 4.79. The van der Waals surface area contributed by atoms with Gasteiger partial charge in [-0.05, 0) is 12.0 Å². The van der Waals surface area contributed by atoms with E-state index in [0.29, 0.717) is 0 Å². The van der Waals surface area contributed by atoms with Crippen LogP contribution in [0.25, 0.3) is 0 Å². The molecule has 0 aromatic carbocycles. The van der Waals surface area contributed by atoms with Crippen molar-refractivity contribution in [3.05, 3.63) is 24.8 Å². The Morgan fingerprint density at radius 2 is 2.18 bits per heavy atom. The van der Waals surface area contributed by atoms with Gasteiger partial charge in [0.1, 0.15) is 0 Å². The number of hydrogen-bond acceptors (Lipinski definition) is 1. The highest BCUT2D eigenvalue weighted by Crippen LogP contribution is 2.09. The quantitative estimate of drug-likeness (QED) is 0.460. The molecule has 0 amide bonds. The van der Waals surface area contributed by atoms with E-state index in [1.165, 1.54) is 12.8 Å². The van der Waals surface area contributed by atoms with Crippen LogP contribution < -0.4 is 0 Å². The Morgan fingerprint density at radius 3 is 2.64 bits per heavy atom. The molecule has 0 aromatic rings. The van der Waals surface area contributed by atoms with Gasteiger partial charge in [0.15, 0.2) is 0 Å². The highest BCUT2D eigenvalue weighted by Gasteiger charge is 2.03. The molecule has 0 aliphatic heterocycles. The predicted molar refractivity (Wildman–Crippen MR) is 49.5 cm³/mol. The van der Waals surface area contributed by atoms with E-state index in [4.69, 9.17) is 0 Å². The van der Waals surface area contributed by atoms with E-state index >= 15 is 0 Å². The van der Waals surface area contributed by atoms with Gasteiger partial charge in [0.2, 0.25) is 0 Å². The van der Waals surface area contributed by atoms with Gasteiger partial charge in [0, 0.05) is 0 Å². The Morgan fingerprint density at radius 1 is 1.55 bits per heavy atom. The molecule has 0 radical (unpaired) electrons. The van der Waals surface area contributed by atoms with Crippen LogP contribution in [0.2, 0.25) is 0 Å². The van der Waals surface area contributed by atoms with Crippen LogP contribution in [0.3, 0.4) is 0 Å². The molecule has 11 heavy (non-hydrogen) atoms. The average molecular weight is 154 g/mol. The molecule has 64 valence electrons. The van der Waals surface area contributed by atoms with Crippen LogP contribution in [0.5, 0.6) is 0 Å². The van der Waals surface area contributed by atoms with Gasteiger partial charge in [-0.25, -0.2) is 0 Å². The molecule has 1 atom stereocenters. The van der Waals surface area contributed by atoms with Gasteiger partial charge < -0.3 is 5.11 Å². The summed E-state index contributed by atoms with van der Waals surface area (Å²) >= 11 is 0. The second kappa shape index (κ2) is 6.17. The van der Waals surface area contributed by atoms with Gasteiger partial charge in [-0.1, -0.05) is 45.4 Å². The monoisotopic (exact) mass is 154 g/mol. The lowest BCUT2D eigenvalue weighted by atomic mass is 10.1. The topological polar surface area (TPSA) is 20.2 Å². The predicted octanol–water partition coefficient (Wildman–Crippen LogP) is 2.67. The van der Waals surface area contributed by atoms with Gasteiger partial charge in [-0.3, -0.25) is 0 Å². The maximum Gasteiger partial charge on any atom is 0.0784 e. The SMILES string of the molecule is C=CC(=C)[C@H](O)CCCCC. The molecule has 1 N–H and O–H groups in total. The van der Waals surface area contributed by atoms with Crippen LogP contribution in [-0.2, 0) is 0 Å². The lowest BCUT2D eigenvalue weighted by molar-refractivity contribution is 0.200. The summed E-state index contributed by atoms with van der Waals surface area (Å²) < 4.78 is 0. The van der Waals surface area contributed by atoms with Crippen LogP contribution in [0.4, 0.5) is 0 Å². The fourth-order valence-corrected chi connectivity index (χ4v) is 0.909. The Labute approximate surface area is 69.4 Å². The molecule has 1 nitrogen and oxygen atoms in total. The fourth-order valence-electron chi connectivity index (χ4n) is 0.909. The first-order chi connectivity index (χ1) is 5.22. The average Bonchev–Trinajstić information content (AvgIpc) is 2.03. The highest BCUT2D eigenvalue weighted by molar-refractivity contribution is 5.15. The summed E-state index contributed by atoms with van der Waals surface area (Å²) in [4.78, 5) is 0. The third-order valence-electron chi connectivity index (χ3n) is 1.77. The molecule has 0 saturated carbocycles. The Bertz CT molecular complexity index is 127. The normalized spacial score (nSPS) is 12.5. The molecule has 1 heteroatoms. The molecule has 0 spiro atoms. The lowest BCUT2D eigenvalue weighted by Crippen LogP contribution is -2.07. The highest BCUT2D eigenvalue weighted by atomic mass is 16.3.